The van der Waals surface area contributed by atoms with E-state index in [4.69, 9.17) is 5.11 Å². The number of likely N-dealkylation sites (tertiary alicyclic amines) is 1. The normalized spacial score (nSPS) is 20.0. The van der Waals surface area contributed by atoms with Crippen molar-refractivity contribution in [3.05, 3.63) is 29.3 Å². The fourth-order valence-corrected chi connectivity index (χ4v) is 3.57. The molecule has 1 aliphatic heterocycles. The number of hydrogen-bond donors (Lipinski definition) is 1. The molecule has 0 radical (unpaired) electrons. The zero-order valence-corrected chi connectivity index (χ0v) is 13.1. The van der Waals surface area contributed by atoms with Crippen molar-refractivity contribution in [1.29, 1.82) is 0 Å². The summed E-state index contributed by atoms with van der Waals surface area (Å²) in [6.07, 6.45) is 1.83. The van der Waals surface area contributed by atoms with Crippen LogP contribution in [0.1, 0.15) is 24.0 Å². The molecular weight excluding hydrogens is 270 g/mol. The fourth-order valence-electron chi connectivity index (χ4n) is 2.56. The van der Waals surface area contributed by atoms with Gasteiger partial charge in [-0.15, -0.1) is 11.8 Å². The van der Waals surface area contributed by atoms with Gasteiger partial charge >= 0.3 is 5.97 Å². The molecule has 0 spiro atoms. The van der Waals surface area contributed by atoms with Crippen LogP contribution in [0.5, 0.6) is 0 Å². The van der Waals surface area contributed by atoms with Gasteiger partial charge in [0.1, 0.15) is 0 Å². The molecule has 0 aliphatic carbocycles. The highest BCUT2D eigenvalue weighted by atomic mass is 32.2. The summed E-state index contributed by atoms with van der Waals surface area (Å²) in [6, 6.07) is 6.57. The summed E-state index contributed by atoms with van der Waals surface area (Å²) in [5, 5.41) is 9.08. The molecule has 0 aromatic heterocycles. The van der Waals surface area contributed by atoms with E-state index >= 15 is 0 Å². The zero-order valence-electron chi connectivity index (χ0n) is 12.3. The quantitative estimate of drug-likeness (QED) is 0.846. The molecular formula is C16H23NO2S. The number of carbonyl (C=O) groups is 1. The van der Waals surface area contributed by atoms with E-state index < -0.39 is 5.97 Å². The summed E-state index contributed by atoms with van der Waals surface area (Å²) >= 11 is 1.86. The van der Waals surface area contributed by atoms with Gasteiger partial charge in [-0.3, -0.25) is 4.79 Å². The summed E-state index contributed by atoms with van der Waals surface area (Å²) in [4.78, 5) is 14.6. The van der Waals surface area contributed by atoms with Gasteiger partial charge < -0.3 is 10.0 Å². The number of rotatable bonds is 5. The highest BCUT2D eigenvalue weighted by Gasteiger charge is 2.24. The molecule has 1 unspecified atom stereocenters. The molecule has 2 rings (SSSR count). The van der Waals surface area contributed by atoms with E-state index in [2.05, 4.69) is 36.9 Å². The third-order valence-corrected chi connectivity index (χ3v) is 4.98. The molecule has 1 saturated heterocycles. The average Bonchev–Trinajstić information content (AvgIpc) is 2.43. The van der Waals surface area contributed by atoms with Crippen LogP contribution in [0.2, 0.25) is 0 Å². The minimum absolute atomic E-state index is 0.171. The molecule has 110 valence electrons. The van der Waals surface area contributed by atoms with E-state index in [1.54, 1.807) is 0 Å². The number of carboxylic acids is 1. The lowest BCUT2D eigenvalue weighted by Gasteiger charge is -2.30. The first-order valence-corrected chi connectivity index (χ1v) is 8.20. The Balaban J connectivity index is 1.77. The number of thioether (sulfide) groups is 1. The van der Waals surface area contributed by atoms with Gasteiger partial charge in [0, 0.05) is 23.7 Å². The molecule has 4 heteroatoms. The largest absolute Gasteiger partial charge is 0.481 e. The van der Waals surface area contributed by atoms with Crippen LogP contribution in [0, 0.1) is 19.8 Å². The highest BCUT2D eigenvalue weighted by Crippen LogP contribution is 2.22. The van der Waals surface area contributed by atoms with Gasteiger partial charge in [-0.25, -0.2) is 0 Å². The zero-order chi connectivity index (χ0) is 14.5. The predicted octanol–water partition coefficient (Wildman–Crippen LogP) is 3.19. The van der Waals surface area contributed by atoms with Crippen LogP contribution in [0.15, 0.2) is 23.1 Å². The molecule has 0 amide bonds. The van der Waals surface area contributed by atoms with Crippen molar-refractivity contribution in [2.75, 3.05) is 25.4 Å². The monoisotopic (exact) mass is 293 g/mol. The second-order valence-corrected chi connectivity index (χ2v) is 6.74. The average molecular weight is 293 g/mol. The molecule has 0 saturated carbocycles. The van der Waals surface area contributed by atoms with Gasteiger partial charge in [0.25, 0.3) is 0 Å². The number of carboxylic acid groups (broad SMARTS) is 1. The van der Waals surface area contributed by atoms with E-state index in [0.717, 1.165) is 31.7 Å². The summed E-state index contributed by atoms with van der Waals surface area (Å²) in [5.74, 6) is 0.210. The second-order valence-electron chi connectivity index (χ2n) is 5.57. The molecule has 1 aliphatic rings. The molecule has 1 aromatic rings. The maximum absolute atomic E-state index is 11.0. The van der Waals surface area contributed by atoms with E-state index in [1.807, 2.05) is 11.8 Å². The van der Waals surface area contributed by atoms with Crippen LogP contribution in [0.25, 0.3) is 0 Å². The lowest BCUT2D eigenvalue weighted by atomic mass is 9.98. The third kappa shape index (κ3) is 4.25. The Morgan fingerprint density at radius 1 is 1.40 bits per heavy atom. The minimum atomic E-state index is -0.642. The molecule has 1 N–H and O–H groups in total. The molecule has 20 heavy (non-hydrogen) atoms. The number of aryl methyl sites for hydroxylation is 2. The SMILES string of the molecule is Cc1ccc(SCCN2CCCC(C(=O)O)C2)cc1C. The van der Waals surface area contributed by atoms with Crippen molar-refractivity contribution in [1.82, 2.24) is 4.90 Å². The number of benzene rings is 1. The molecule has 3 nitrogen and oxygen atoms in total. The van der Waals surface area contributed by atoms with Crippen LogP contribution >= 0.6 is 11.8 Å². The van der Waals surface area contributed by atoms with Crippen LogP contribution in [0.4, 0.5) is 0 Å². The molecule has 1 fully saturated rings. The van der Waals surface area contributed by atoms with Gasteiger partial charge in [-0.05, 0) is 56.5 Å². The van der Waals surface area contributed by atoms with Crippen LogP contribution in [-0.2, 0) is 4.79 Å². The predicted molar refractivity (Wildman–Crippen MR) is 83.4 cm³/mol. The Morgan fingerprint density at radius 2 is 2.20 bits per heavy atom. The van der Waals surface area contributed by atoms with Crippen LogP contribution < -0.4 is 0 Å². The van der Waals surface area contributed by atoms with Crippen LogP contribution in [0.3, 0.4) is 0 Å². The summed E-state index contributed by atoms with van der Waals surface area (Å²) in [5.41, 5.74) is 2.66. The maximum atomic E-state index is 11.0. The first-order valence-electron chi connectivity index (χ1n) is 7.21. The van der Waals surface area contributed by atoms with Crippen molar-refractivity contribution >= 4 is 17.7 Å². The van der Waals surface area contributed by atoms with Gasteiger partial charge in [0.15, 0.2) is 0 Å². The Labute approximate surface area is 125 Å². The van der Waals surface area contributed by atoms with Crippen molar-refractivity contribution in [3.63, 3.8) is 0 Å². The number of nitrogens with zero attached hydrogens (tertiary/aromatic N) is 1. The number of piperidine rings is 1. The van der Waals surface area contributed by atoms with Gasteiger partial charge in [0.2, 0.25) is 0 Å². The highest BCUT2D eigenvalue weighted by molar-refractivity contribution is 7.99. The Bertz CT molecular complexity index is 476. The lowest BCUT2D eigenvalue weighted by Crippen LogP contribution is -2.39. The van der Waals surface area contributed by atoms with Crippen molar-refractivity contribution in [2.24, 2.45) is 5.92 Å². The molecule has 1 aromatic carbocycles. The van der Waals surface area contributed by atoms with E-state index in [1.165, 1.54) is 16.0 Å². The molecule has 1 heterocycles. The summed E-state index contributed by atoms with van der Waals surface area (Å²) in [7, 11) is 0. The van der Waals surface area contributed by atoms with E-state index in [9.17, 15) is 4.79 Å². The number of aliphatic carboxylic acids is 1. The van der Waals surface area contributed by atoms with E-state index in [-0.39, 0.29) is 5.92 Å². The molecule has 1 atom stereocenters. The number of hydrogen-bond acceptors (Lipinski definition) is 3. The Morgan fingerprint density at radius 3 is 2.90 bits per heavy atom. The van der Waals surface area contributed by atoms with E-state index in [0.29, 0.717) is 6.54 Å². The first-order chi connectivity index (χ1) is 9.56. The first kappa shape index (κ1) is 15.4. The minimum Gasteiger partial charge on any atom is -0.481 e. The third-order valence-electron chi connectivity index (χ3n) is 4.01. The van der Waals surface area contributed by atoms with Gasteiger partial charge in [-0.1, -0.05) is 6.07 Å². The second kappa shape index (κ2) is 7.14. The maximum Gasteiger partial charge on any atom is 0.307 e. The molecule has 0 bridgehead atoms. The topological polar surface area (TPSA) is 40.5 Å². The summed E-state index contributed by atoms with van der Waals surface area (Å²) < 4.78 is 0. The van der Waals surface area contributed by atoms with Crippen molar-refractivity contribution in [2.45, 2.75) is 31.6 Å². The summed E-state index contributed by atoms with van der Waals surface area (Å²) in [6.45, 7) is 6.99. The Hall–Kier alpha value is -1.00. The standard InChI is InChI=1S/C16H23NO2S/c1-12-5-6-15(10-13(12)2)20-9-8-17-7-3-4-14(11-17)16(18)19/h5-6,10,14H,3-4,7-9,11H2,1-2H3,(H,18,19). The Kier molecular flexibility index (Phi) is 5.49. The van der Waals surface area contributed by atoms with Crippen molar-refractivity contribution in [3.8, 4) is 0 Å². The smallest absolute Gasteiger partial charge is 0.307 e. The fraction of sp³-hybridized carbons (Fsp3) is 0.562. The van der Waals surface area contributed by atoms with Crippen molar-refractivity contribution < 1.29 is 9.90 Å². The lowest BCUT2D eigenvalue weighted by molar-refractivity contribution is -0.143. The van der Waals surface area contributed by atoms with Gasteiger partial charge in [-0.2, -0.15) is 0 Å². The van der Waals surface area contributed by atoms with Crippen LogP contribution in [-0.4, -0.2) is 41.4 Å². The van der Waals surface area contributed by atoms with Gasteiger partial charge in [0.05, 0.1) is 5.92 Å².